The highest BCUT2D eigenvalue weighted by Gasteiger charge is 2.14. The van der Waals surface area contributed by atoms with E-state index in [2.05, 4.69) is 23.9 Å². The van der Waals surface area contributed by atoms with Crippen molar-refractivity contribution in [3.8, 4) is 11.6 Å². The number of hydrogen-bond donors (Lipinski definition) is 0. The molecule has 3 rings (SSSR count). The zero-order valence-electron chi connectivity index (χ0n) is 15.9. The number of amides is 1. The number of carbonyl (C=O) groups is 1. The maximum absolute atomic E-state index is 12.6. The first-order chi connectivity index (χ1) is 13.0. The first-order valence-electron chi connectivity index (χ1n) is 8.96. The summed E-state index contributed by atoms with van der Waals surface area (Å²) in [6, 6.07) is 13.3. The second kappa shape index (κ2) is 8.49. The first kappa shape index (κ1) is 18.6. The van der Waals surface area contributed by atoms with Gasteiger partial charge in [-0.2, -0.15) is 5.10 Å². The van der Waals surface area contributed by atoms with Crippen LogP contribution in [0.4, 0.5) is 0 Å². The van der Waals surface area contributed by atoms with Crippen molar-refractivity contribution in [3.63, 3.8) is 0 Å². The minimum absolute atomic E-state index is 0.0922. The third-order valence-electron chi connectivity index (χ3n) is 3.97. The summed E-state index contributed by atoms with van der Waals surface area (Å²) < 4.78 is 7.36. The minimum Gasteiger partial charge on any atom is -0.477 e. The smallest absolute Gasteiger partial charge is 0.255 e. The molecule has 140 valence electrons. The SMILES string of the molecule is CC(C)COc1ccc(C(=O)N(C)Cc2cnn(-c3ccccc3)c2)cn1. The lowest BCUT2D eigenvalue weighted by Crippen LogP contribution is -2.26. The van der Waals surface area contributed by atoms with Crippen LogP contribution in [0.2, 0.25) is 0 Å². The number of nitrogens with zero attached hydrogens (tertiary/aromatic N) is 4. The summed E-state index contributed by atoms with van der Waals surface area (Å²) in [5.41, 5.74) is 2.48. The quantitative estimate of drug-likeness (QED) is 0.643. The van der Waals surface area contributed by atoms with Gasteiger partial charge in [0, 0.05) is 37.6 Å². The van der Waals surface area contributed by atoms with Crippen LogP contribution in [0.25, 0.3) is 5.69 Å². The van der Waals surface area contributed by atoms with Gasteiger partial charge in [0.1, 0.15) is 0 Å². The van der Waals surface area contributed by atoms with E-state index in [-0.39, 0.29) is 5.91 Å². The predicted octanol–water partition coefficient (Wildman–Crippen LogP) is 3.57. The number of ether oxygens (including phenoxy) is 1. The van der Waals surface area contributed by atoms with Crippen molar-refractivity contribution in [2.24, 2.45) is 5.92 Å². The van der Waals surface area contributed by atoms with E-state index in [0.717, 1.165) is 11.3 Å². The molecule has 0 saturated heterocycles. The molecule has 0 bridgehead atoms. The van der Waals surface area contributed by atoms with Crippen molar-refractivity contribution < 1.29 is 9.53 Å². The molecular formula is C21H24N4O2. The summed E-state index contributed by atoms with van der Waals surface area (Å²) in [7, 11) is 1.77. The fourth-order valence-corrected chi connectivity index (χ4v) is 2.57. The number of aromatic nitrogens is 3. The Morgan fingerprint density at radius 3 is 2.59 bits per heavy atom. The Kier molecular flexibility index (Phi) is 5.86. The van der Waals surface area contributed by atoms with Crippen molar-refractivity contribution in [3.05, 3.63) is 72.2 Å². The monoisotopic (exact) mass is 364 g/mol. The van der Waals surface area contributed by atoms with Gasteiger partial charge in [-0.05, 0) is 24.1 Å². The van der Waals surface area contributed by atoms with E-state index < -0.39 is 0 Å². The van der Waals surface area contributed by atoms with Crippen molar-refractivity contribution in [1.29, 1.82) is 0 Å². The van der Waals surface area contributed by atoms with Crippen LogP contribution in [0.1, 0.15) is 29.8 Å². The Morgan fingerprint density at radius 2 is 1.93 bits per heavy atom. The van der Waals surface area contributed by atoms with E-state index in [4.69, 9.17) is 4.74 Å². The fourth-order valence-electron chi connectivity index (χ4n) is 2.57. The third-order valence-corrected chi connectivity index (χ3v) is 3.97. The van der Waals surface area contributed by atoms with Crippen molar-refractivity contribution in [1.82, 2.24) is 19.7 Å². The van der Waals surface area contributed by atoms with Crippen molar-refractivity contribution in [2.45, 2.75) is 20.4 Å². The summed E-state index contributed by atoms with van der Waals surface area (Å²) in [6.07, 6.45) is 5.26. The normalized spacial score (nSPS) is 10.8. The highest BCUT2D eigenvalue weighted by Crippen LogP contribution is 2.13. The topological polar surface area (TPSA) is 60.2 Å². The van der Waals surface area contributed by atoms with Crippen LogP contribution in [0, 0.1) is 5.92 Å². The Labute approximate surface area is 159 Å². The van der Waals surface area contributed by atoms with Crippen LogP contribution >= 0.6 is 0 Å². The van der Waals surface area contributed by atoms with E-state index in [1.807, 2.05) is 36.5 Å². The minimum atomic E-state index is -0.0922. The molecule has 0 aliphatic carbocycles. The third kappa shape index (κ3) is 4.94. The fraction of sp³-hybridized carbons (Fsp3) is 0.286. The number of benzene rings is 1. The summed E-state index contributed by atoms with van der Waals surface area (Å²) in [5, 5.41) is 4.37. The van der Waals surface area contributed by atoms with Gasteiger partial charge in [-0.25, -0.2) is 9.67 Å². The van der Waals surface area contributed by atoms with E-state index >= 15 is 0 Å². The molecular weight excluding hydrogens is 340 g/mol. The molecule has 0 saturated carbocycles. The number of para-hydroxylation sites is 1. The molecule has 2 heterocycles. The summed E-state index contributed by atoms with van der Waals surface area (Å²) in [5.74, 6) is 0.869. The van der Waals surface area contributed by atoms with Gasteiger partial charge in [0.25, 0.3) is 5.91 Å². The first-order valence-corrected chi connectivity index (χ1v) is 8.96. The molecule has 0 unspecified atom stereocenters. The average Bonchev–Trinajstić information content (AvgIpc) is 3.15. The lowest BCUT2D eigenvalue weighted by molar-refractivity contribution is 0.0784. The molecule has 6 heteroatoms. The van der Waals surface area contributed by atoms with Gasteiger partial charge < -0.3 is 9.64 Å². The van der Waals surface area contributed by atoms with E-state index in [1.54, 1.807) is 41.2 Å². The van der Waals surface area contributed by atoms with Gasteiger partial charge in [0.15, 0.2) is 0 Å². The Hall–Kier alpha value is -3.15. The lowest BCUT2D eigenvalue weighted by Gasteiger charge is -2.16. The van der Waals surface area contributed by atoms with Crippen LogP contribution < -0.4 is 4.74 Å². The molecule has 27 heavy (non-hydrogen) atoms. The number of carbonyl (C=O) groups excluding carboxylic acids is 1. The molecule has 2 aromatic heterocycles. The van der Waals surface area contributed by atoms with E-state index in [9.17, 15) is 4.79 Å². The number of pyridine rings is 1. The van der Waals surface area contributed by atoms with Crippen LogP contribution in [0.3, 0.4) is 0 Å². The second-order valence-corrected chi connectivity index (χ2v) is 6.88. The van der Waals surface area contributed by atoms with Crippen molar-refractivity contribution in [2.75, 3.05) is 13.7 Å². The van der Waals surface area contributed by atoms with Gasteiger partial charge in [0.05, 0.1) is 24.1 Å². The van der Waals surface area contributed by atoms with Crippen LogP contribution in [0.15, 0.2) is 61.1 Å². The molecule has 1 amide bonds. The largest absolute Gasteiger partial charge is 0.477 e. The zero-order chi connectivity index (χ0) is 19.2. The molecule has 0 aliphatic heterocycles. The number of rotatable bonds is 7. The molecule has 1 aromatic carbocycles. The number of hydrogen-bond acceptors (Lipinski definition) is 4. The van der Waals surface area contributed by atoms with Gasteiger partial charge in [-0.15, -0.1) is 0 Å². The van der Waals surface area contributed by atoms with Crippen LogP contribution in [-0.4, -0.2) is 39.2 Å². The Balaban J connectivity index is 1.61. The highest BCUT2D eigenvalue weighted by atomic mass is 16.5. The molecule has 0 atom stereocenters. The Morgan fingerprint density at radius 1 is 1.15 bits per heavy atom. The maximum Gasteiger partial charge on any atom is 0.255 e. The summed E-state index contributed by atoms with van der Waals surface area (Å²) >= 11 is 0. The average molecular weight is 364 g/mol. The molecule has 0 radical (unpaired) electrons. The molecule has 3 aromatic rings. The summed E-state index contributed by atoms with van der Waals surface area (Å²) in [4.78, 5) is 18.5. The van der Waals surface area contributed by atoms with Crippen LogP contribution in [-0.2, 0) is 6.54 Å². The maximum atomic E-state index is 12.6. The van der Waals surface area contributed by atoms with E-state index in [1.165, 1.54) is 0 Å². The molecule has 6 nitrogen and oxygen atoms in total. The van der Waals surface area contributed by atoms with Gasteiger partial charge in [0.2, 0.25) is 5.88 Å². The standard InChI is InChI=1S/C21H24N4O2/c1-16(2)15-27-20-10-9-18(12-22-20)21(26)24(3)13-17-11-23-25(14-17)19-7-5-4-6-8-19/h4-12,14,16H,13,15H2,1-3H3. The highest BCUT2D eigenvalue weighted by molar-refractivity contribution is 5.93. The molecule has 0 fully saturated rings. The van der Waals surface area contributed by atoms with Gasteiger partial charge in [-0.3, -0.25) is 4.79 Å². The van der Waals surface area contributed by atoms with E-state index in [0.29, 0.717) is 30.5 Å². The van der Waals surface area contributed by atoms with Crippen molar-refractivity contribution >= 4 is 5.91 Å². The molecule has 0 spiro atoms. The Bertz CT molecular complexity index is 873. The zero-order valence-corrected chi connectivity index (χ0v) is 15.9. The second-order valence-electron chi connectivity index (χ2n) is 6.88. The lowest BCUT2D eigenvalue weighted by atomic mass is 10.2. The van der Waals surface area contributed by atoms with Crippen LogP contribution in [0.5, 0.6) is 5.88 Å². The summed E-state index contributed by atoms with van der Waals surface area (Å²) in [6.45, 7) is 5.22. The molecule has 0 N–H and O–H groups in total. The predicted molar refractivity (Wildman–Crippen MR) is 104 cm³/mol. The molecule has 0 aliphatic rings. The van der Waals surface area contributed by atoms with Gasteiger partial charge in [-0.1, -0.05) is 32.0 Å². The van der Waals surface area contributed by atoms with Gasteiger partial charge >= 0.3 is 0 Å².